The van der Waals surface area contributed by atoms with Crippen LogP contribution in [0.4, 0.5) is 0 Å². The van der Waals surface area contributed by atoms with E-state index in [9.17, 15) is 8.42 Å². The van der Waals surface area contributed by atoms with Crippen molar-refractivity contribution in [3.8, 4) is 5.75 Å². The van der Waals surface area contributed by atoms with Crippen LogP contribution in [-0.4, -0.2) is 59.3 Å². The SMILES string of the molecule is O=S(=O)(CCOc1ccccc1)N1CC[C@H]2[C@H](C1)OCc1cnnn12. The highest BCUT2D eigenvalue weighted by molar-refractivity contribution is 7.89. The zero-order valence-electron chi connectivity index (χ0n) is 13.7. The van der Waals surface area contributed by atoms with Crippen molar-refractivity contribution in [1.29, 1.82) is 0 Å². The first-order valence-electron chi connectivity index (χ1n) is 8.30. The maximum Gasteiger partial charge on any atom is 0.217 e. The third-order valence-corrected chi connectivity index (χ3v) is 6.44. The Hall–Kier alpha value is -1.97. The molecule has 0 bridgehead atoms. The van der Waals surface area contributed by atoms with E-state index < -0.39 is 10.0 Å². The van der Waals surface area contributed by atoms with Crippen molar-refractivity contribution < 1.29 is 17.9 Å². The first-order valence-corrected chi connectivity index (χ1v) is 9.91. The van der Waals surface area contributed by atoms with Crippen LogP contribution in [0.3, 0.4) is 0 Å². The number of aromatic nitrogens is 3. The molecule has 1 fully saturated rings. The summed E-state index contributed by atoms with van der Waals surface area (Å²) < 4.78 is 39.9. The van der Waals surface area contributed by atoms with Crippen molar-refractivity contribution in [2.45, 2.75) is 25.2 Å². The summed E-state index contributed by atoms with van der Waals surface area (Å²) in [6.45, 7) is 1.35. The van der Waals surface area contributed by atoms with Crippen molar-refractivity contribution in [3.63, 3.8) is 0 Å². The van der Waals surface area contributed by atoms with Crippen LogP contribution in [0, 0.1) is 0 Å². The van der Waals surface area contributed by atoms with Crippen molar-refractivity contribution in [1.82, 2.24) is 19.3 Å². The number of fused-ring (bicyclic) bond motifs is 3. The molecule has 2 atom stereocenters. The average molecular weight is 364 g/mol. The van der Waals surface area contributed by atoms with Gasteiger partial charge in [-0.05, 0) is 18.6 Å². The van der Waals surface area contributed by atoms with E-state index >= 15 is 0 Å². The summed E-state index contributed by atoms with van der Waals surface area (Å²) in [7, 11) is -3.38. The Morgan fingerprint density at radius 3 is 2.96 bits per heavy atom. The van der Waals surface area contributed by atoms with Gasteiger partial charge in [-0.1, -0.05) is 23.4 Å². The maximum absolute atomic E-state index is 12.6. The van der Waals surface area contributed by atoms with Gasteiger partial charge in [0.15, 0.2) is 0 Å². The second-order valence-electron chi connectivity index (χ2n) is 6.21. The van der Waals surface area contributed by atoms with Crippen molar-refractivity contribution >= 4 is 10.0 Å². The van der Waals surface area contributed by atoms with Crippen molar-refractivity contribution in [2.24, 2.45) is 0 Å². The molecule has 0 unspecified atom stereocenters. The van der Waals surface area contributed by atoms with Crippen LogP contribution in [-0.2, 0) is 21.4 Å². The summed E-state index contributed by atoms with van der Waals surface area (Å²) in [4.78, 5) is 0. The van der Waals surface area contributed by atoms with Gasteiger partial charge < -0.3 is 9.47 Å². The van der Waals surface area contributed by atoms with Gasteiger partial charge in [-0.2, -0.15) is 4.31 Å². The van der Waals surface area contributed by atoms with E-state index in [0.29, 0.717) is 31.9 Å². The van der Waals surface area contributed by atoms with E-state index in [2.05, 4.69) is 10.3 Å². The van der Waals surface area contributed by atoms with E-state index in [1.54, 1.807) is 6.20 Å². The van der Waals surface area contributed by atoms with Crippen molar-refractivity contribution in [2.75, 3.05) is 25.4 Å². The molecule has 0 spiro atoms. The van der Waals surface area contributed by atoms with Gasteiger partial charge in [0.2, 0.25) is 10.0 Å². The highest BCUT2D eigenvalue weighted by Crippen LogP contribution is 2.31. The van der Waals surface area contributed by atoms with Crippen LogP contribution in [0.15, 0.2) is 36.5 Å². The molecule has 0 amide bonds. The molecular weight excluding hydrogens is 344 g/mol. The number of para-hydroxylation sites is 1. The molecule has 1 saturated heterocycles. The Labute approximate surface area is 146 Å². The fourth-order valence-electron chi connectivity index (χ4n) is 3.32. The minimum Gasteiger partial charge on any atom is -0.492 e. The lowest BCUT2D eigenvalue weighted by atomic mass is 10.0. The van der Waals surface area contributed by atoms with Gasteiger partial charge in [-0.15, -0.1) is 5.10 Å². The molecule has 1 aromatic heterocycles. The lowest BCUT2D eigenvalue weighted by Crippen LogP contribution is -2.51. The Morgan fingerprint density at radius 2 is 2.12 bits per heavy atom. The molecule has 4 rings (SSSR count). The number of nitrogens with zero attached hydrogens (tertiary/aromatic N) is 4. The lowest BCUT2D eigenvalue weighted by Gasteiger charge is -2.40. The second-order valence-corrected chi connectivity index (χ2v) is 8.30. The molecule has 2 aliphatic heterocycles. The van der Waals surface area contributed by atoms with Gasteiger partial charge >= 0.3 is 0 Å². The summed E-state index contributed by atoms with van der Waals surface area (Å²) in [5.41, 5.74) is 0.939. The molecular formula is C16H20N4O4S. The summed E-state index contributed by atoms with van der Waals surface area (Å²) in [5, 5.41) is 8.03. The Morgan fingerprint density at radius 1 is 1.28 bits per heavy atom. The minimum absolute atomic E-state index is 0.0478. The van der Waals surface area contributed by atoms with Crippen LogP contribution in [0.25, 0.3) is 0 Å². The largest absolute Gasteiger partial charge is 0.492 e. The van der Waals surface area contributed by atoms with E-state index in [0.717, 1.165) is 5.69 Å². The monoisotopic (exact) mass is 364 g/mol. The maximum atomic E-state index is 12.6. The quantitative estimate of drug-likeness (QED) is 0.781. The standard InChI is InChI=1S/C16H20N4O4S/c21-25(22,9-8-23-14-4-2-1-3-5-14)19-7-6-15-16(11-19)24-12-13-10-17-18-20(13)15/h1-5,10,15-16H,6-9,11-12H2/t15-,16-/m0/s1. The van der Waals surface area contributed by atoms with E-state index in [-0.39, 0.29) is 24.5 Å². The van der Waals surface area contributed by atoms with E-state index in [4.69, 9.17) is 9.47 Å². The number of hydrogen-bond acceptors (Lipinski definition) is 6. The molecule has 0 aliphatic carbocycles. The number of ether oxygens (including phenoxy) is 2. The Kier molecular flexibility index (Phi) is 4.45. The molecule has 3 heterocycles. The summed E-state index contributed by atoms with van der Waals surface area (Å²) in [6, 6.07) is 9.27. The molecule has 25 heavy (non-hydrogen) atoms. The normalized spacial score (nSPS) is 23.7. The van der Waals surface area contributed by atoms with Crippen molar-refractivity contribution in [3.05, 3.63) is 42.2 Å². The average Bonchev–Trinajstić information content (AvgIpc) is 3.11. The number of benzene rings is 1. The molecule has 0 radical (unpaired) electrons. The van der Waals surface area contributed by atoms with Gasteiger partial charge in [0.1, 0.15) is 12.4 Å². The van der Waals surface area contributed by atoms with Gasteiger partial charge in [-0.25, -0.2) is 13.1 Å². The van der Waals surface area contributed by atoms with Gasteiger partial charge in [-0.3, -0.25) is 0 Å². The van der Waals surface area contributed by atoms with E-state index in [1.807, 2.05) is 35.0 Å². The lowest BCUT2D eigenvalue weighted by molar-refractivity contribution is -0.0544. The third-order valence-electron chi connectivity index (χ3n) is 4.64. The van der Waals surface area contributed by atoms with Crippen LogP contribution in [0.5, 0.6) is 5.75 Å². The molecule has 9 heteroatoms. The second kappa shape index (κ2) is 6.74. The van der Waals surface area contributed by atoms with Crippen LogP contribution in [0.2, 0.25) is 0 Å². The molecule has 8 nitrogen and oxygen atoms in total. The highest BCUT2D eigenvalue weighted by atomic mass is 32.2. The fraction of sp³-hybridized carbons (Fsp3) is 0.500. The zero-order chi connectivity index (χ0) is 17.3. The first-order chi connectivity index (χ1) is 12.1. The predicted molar refractivity (Wildman–Crippen MR) is 89.5 cm³/mol. The number of hydrogen-bond donors (Lipinski definition) is 0. The van der Waals surface area contributed by atoms with Gasteiger partial charge in [0.25, 0.3) is 0 Å². The molecule has 0 saturated carbocycles. The van der Waals surface area contributed by atoms with Gasteiger partial charge in [0.05, 0.1) is 36.4 Å². The number of sulfonamides is 1. The zero-order valence-corrected chi connectivity index (χ0v) is 14.5. The minimum atomic E-state index is -3.38. The third kappa shape index (κ3) is 3.39. The van der Waals surface area contributed by atoms with Gasteiger partial charge in [0, 0.05) is 13.1 Å². The Balaban J connectivity index is 1.36. The number of piperidine rings is 1. The smallest absolute Gasteiger partial charge is 0.217 e. The predicted octanol–water partition coefficient (Wildman–Crippen LogP) is 0.833. The van der Waals surface area contributed by atoms with E-state index in [1.165, 1.54) is 4.31 Å². The molecule has 2 aliphatic rings. The molecule has 2 aromatic rings. The summed E-state index contributed by atoms with van der Waals surface area (Å²) in [5.74, 6) is 0.624. The highest BCUT2D eigenvalue weighted by Gasteiger charge is 2.39. The fourth-order valence-corrected chi connectivity index (χ4v) is 4.63. The van der Waals surface area contributed by atoms with Crippen LogP contribution < -0.4 is 4.74 Å². The van der Waals surface area contributed by atoms with Crippen LogP contribution in [0.1, 0.15) is 18.2 Å². The first kappa shape index (κ1) is 16.5. The topological polar surface area (TPSA) is 86.6 Å². The number of rotatable bonds is 5. The molecule has 134 valence electrons. The molecule has 1 aromatic carbocycles. The Bertz CT molecular complexity index is 824. The molecule has 0 N–H and O–H groups in total. The summed E-state index contributed by atoms with van der Waals surface area (Å²) in [6.07, 6.45) is 2.17. The van der Waals surface area contributed by atoms with Crippen LogP contribution >= 0.6 is 0 Å². The summed E-state index contributed by atoms with van der Waals surface area (Å²) >= 11 is 0.